The van der Waals surface area contributed by atoms with Crippen LogP contribution in [-0.2, 0) is 24.4 Å². The van der Waals surface area contributed by atoms with Crippen LogP contribution in [0.4, 0.5) is 17.6 Å². The molecule has 0 aliphatic carbocycles. The topological polar surface area (TPSA) is 49.2 Å². The normalized spacial score (nSPS) is 14.3. The van der Waals surface area contributed by atoms with Crippen LogP contribution in [0.3, 0.4) is 0 Å². The van der Waals surface area contributed by atoms with Crippen molar-refractivity contribution in [3.63, 3.8) is 0 Å². The van der Waals surface area contributed by atoms with Crippen molar-refractivity contribution < 1.29 is 27.0 Å². The Labute approximate surface area is 176 Å². The highest BCUT2D eigenvalue weighted by molar-refractivity contribution is 5.70. The van der Waals surface area contributed by atoms with Gasteiger partial charge >= 0.3 is 6.36 Å². The summed E-state index contributed by atoms with van der Waals surface area (Å²) in [6, 6.07) is 7.84. The third-order valence-corrected chi connectivity index (χ3v) is 5.06. The number of rotatable bonds is 4. The molecule has 3 heterocycles. The minimum atomic E-state index is -4.89. The second-order valence-corrected chi connectivity index (χ2v) is 7.39. The Morgan fingerprint density at radius 3 is 2.45 bits per heavy atom. The van der Waals surface area contributed by atoms with Gasteiger partial charge in [0, 0.05) is 46.7 Å². The molecule has 0 bridgehead atoms. The molecular formula is C22H21F4N3O2. The first kappa shape index (κ1) is 21.3. The summed E-state index contributed by atoms with van der Waals surface area (Å²) in [4.78, 5) is 9.24. The summed E-state index contributed by atoms with van der Waals surface area (Å²) in [6.45, 7) is 4.27. The zero-order chi connectivity index (χ0) is 22.2. The number of imidazole rings is 1. The molecule has 0 radical (unpaired) electrons. The molecule has 0 fully saturated rings. The fourth-order valence-corrected chi connectivity index (χ4v) is 3.88. The van der Waals surface area contributed by atoms with Crippen LogP contribution >= 0.6 is 0 Å². The van der Waals surface area contributed by atoms with E-state index in [2.05, 4.69) is 9.72 Å². The molecule has 0 atom stereocenters. The Morgan fingerprint density at radius 1 is 1.03 bits per heavy atom. The number of fused-ring (bicyclic) bond motifs is 1. The van der Waals surface area contributed by atoms with E-state index in [0.29, 0.717) is 37.6 Å². The van der Waals surface area contributed by atoms with Crippen LogP contribution in [0.1, 0.15) is 22.6 Å². The van der Waals surface area contributed by atoms with Gasteiger partial charge in [-0.2, -0.15) is 0 Å². The average Bonchev–Trinajstić information content (AvgIpc) is 2.88. The Hall–Kier alpha value is -2.94. The van der Waals surface area contributed by atoms with Gasteiger partial charge in [-0.3, -0.25) is 4.98 Å². The number of aryl methyl sites for hydroxylation is 2. The van der Waals surface area contributed by atoms with E-state index in [0.717, 1.165) is 34.4 Å². The maximum atomic E-state index is 13.5. The number of aromatic nitrogens is 3. The molecule has 0 unspecified atom stereocenters. The van der Waals surface area contributed by atoms with E-state index in [1.54, 1.807) is 0 Å². The van der Waals surface area contributed by atoms with Crippen molar-refractivity contribution in [1.29, 1.82) is 0 Å². The van der Waals surface area contributed by atoms with Crippen LogP contribution < -0.4 is 4.74 Å². The molecule has 5 nitrogen and oxygen atoms in total. The predicted molar refractivity (Wildman–Crippen MR) is 106 cm³/mol. The van der Waals surface area contributed by atoms with Crippen LogP contribution in [0, 0.1) is 13.8 Å². The summed E-state index contributed by atoms with van der Waals surface area (Å²) < 4.78 is 63.0. The van der Waals surface area contributed by atoms with Crippen molar-refractivity contribution in [1.82, 2.24) is 14.5 Å². The van der Waals surface area contributed by atoms with Gasteiger partial charge in [0.05, 0.1) is 18.9 Å². The van der Waals surface area contributed by atoms with E-state index in [9.17, 15) is 17.6 Å². The van der Waals surface area contributed by atoms with Gasteiger partial charge in [-0.1, -0.05) is 0 Å². The summed E-state index contributed by atoms with van der Waals surface area (Å²) in [5, 5.41) is 0. The van der Waals surface area contributed by atoms with Crippen molar-refractivity contribution in [2.45, 2.75) is 39.9 Å². The van der Waals surface area contributed by atoms with E-state index in [1.165, 1.54) is 12.1 Å². The number of nitrogens with zero attached hydrogens (tertiary/aromatic N) is 3. The zero-order valence-corrected chi connectivity index (χ0v) is 17.1. The molecule has 0 spiro atoms. The molecule has 2 aromatic heterocycles. The van der Waals surface area contributed by atoms with Crippen LogP contribution in [-0.4, -0.2) is 34.1 Å². The van der Waals surface area contributed by atoms with E-state index in [4.69, 9.17) is 9.72 Å². The fraction of sp³-hybridized carbons (Fsp3) is 0.364. The third kappa shape index (κ3) is 4.56. The van der Waals surface area contributed by atoms with E-state index in [1.807, 2.05) is 30.5 Å². The van der Waals surface area contributed by atoms with Gasteiger partial charge in [-0.25, -0.2) is 9.37 Å². The van der Waals surface area contributed by atoms with Gasteiger partial charge in [-0.15, -0.1) is 13.2 Å². The largest absolute Gasteiger partial charge is 0.573 e. The Bertz CT molecular complexity index is 1090. The number of ether oxygens (including phenoxy) is 2. The molecule has 164 valence electrons. The first-order valence-electron chi connectivity index (χ1n) is 9.83. The average molecular weight is 435 g/mol. The molecular weight excluding hydrogens is 414 g/mol. The number of hydrogen-bond donors (Lipinski definition) is 0. The molecule has 1 aliphatic rings. The molecule has 3 aromatic rings. The van der Waals surface area contributed by atoms with Crippen LogP contribution in [0.5, 0.6) is 5.75 Å². The van der Waals surface area contributed by atoms with Gasteiger partial charge in [0.2, 0.25) is 0 Å². The van der Waals surface area contributed by atoms with E-state index in [-0.39, 0.29) is 5.56 Å². The SMILES string of the molecule is Cc1cc(-c2nc(-c3ccc(OC(F)(F)F)c(CF)c3)n3c2CCOCC3)cc(C)n1. The number of pyridine rings is 1. The van der Waals surface area contributed by atoms with Crippen LogP contribution in [0.25, 0.3) is 22.6 Å². The third-order valence-electron chi connectivity index (χ3n) is 5.06. The van der Waals surface area contributed by atoms with Crippen molar-refractivity contribution in [2.24, 2.45) is 0 Å². The lowest BCUT2D eigenvalue weighted by molar-refractivity contribution is -0.275. The molecule has 0 saturated heterocycles. The van der Waals surface area contributed by atoms with Gasteiger partial charge in [-0.05, 0) is 44.2 Å². The van der Waals surface area contributed by atoms with E-state index >= 15 is 0 Å². The number of benzene rings is 1. The lowest BCUT2D eigenvalue weighted by Crippen LogP contribution is -2.18. The standard InChI is InChI=1S/C22H21F4N3O2/c1-13-9-16(10-14(2)27-13)20-18-5-7-30-8-6-29(18)21(28-20)15-3-4-19(17(11-15)12-23)31-22(24,25)26/h3-4,9-11H,5-8,12H2,1-2H3. The molecule has 31 heavy (non-hydrogen) atoms. The molecule has 1 aromatic carbocycles. The highest BCUT2D eigenvalue weighted by atomic mass is 19.4. The molecule has 9 heteroatoms. The van der Waals surface area contributed by atoms with Gasteiger partial charge < -0.3 is 14.0 Å². The van der Waals surface area contributed by atoms with Crippen LogP contribution in [0.15, 0.2) is 30.3 Å². The van der Waals surface area contributed by atoms with Crippen molar-refractivity contribution in [2.75, 3.05) is 13.2 Å². The van der Waals surface area contributed by atoms with Gasteiger partial charge in [0.15, 0.2) is 0 Å². The maximum Gasteiger partial charge on any atom is 0.573 e. The Kier molecular flexibility index (Phi) is 5.70. The smallest absolute Gasteiger partial charge is 0.405 e. The summed E-state index contributed by atoms with van der Waals surface area (Å²) in [5.41, 5.74) is 4.69. The molecule has 0 saturated carbocycles. The van der Waals surface area contributed by atoms with Gasteiger partial charge in [0.1, 0.15) is 18.2 Å². The predicted octanol–water partition coefficient (Wildman–Crippen LogP) is 5.17. The number of hydrogen-bond acceptors (Lipinski definition) is 4. The quantitative estimate of drug-likeness (QED) is 0.531. The summed E-state index contributed by atoms with van der Waals surface area (Å²) in [5.74, 6) is 0.00112. The van der Waals surface area contributed by atoms with Crippen molar-refractivity contribution in [3.8, 4) is 28.4 Å². The fourth-order valence-electron chi connectivity index (χ4n) is 3.88. The first-order valence-corrected chi connectivity index (χ1v) is 9.83. The highest BCUT2D eigenvalue weighted by Crippen LogP contribution is 2.35. The summed E-state index contributed by atoms with van der Waals surface area (Å²) >= 11 is 0. The van der Waals surface area contributed by atoms with Crippen LogP contribution in [0.2, 0.25) is 0 Å². The highest BCUT2D eigenvalue weighted by Gasteiger charge is 2.32. The monoisotopic (exact) mass is 435 g/mol. The summed E-state index contributed by atoms with van der Waals surface area (Å²) in [7, 11) is 0. The minimum absolute atomic E-state index is 0.186. The Morgan fingerprint density at radius 2 is 1.77 bits per heavy atom. The summed E-state index contributed by atoms with van der Waals surface area (Å²) in [6.07, 6.45) is -4.26. The maximum absolute atomic E-state index is 13.5. The Balaban J connectivity index is 1.84. The number of halogens is 4. The van der Waals surface area contributed by atoms with Gasteiger partial charge in [0.25, 0.3) is 0 Å². The minimum Gasteiger partial charge on any atom is -0.405 e. The second kappa shape index (κ2) is 8.30. The molecule has 1 aliphatic heterocycles. The molecule has 4 rings (SSSR count). The second-order valence-electron chi connectivity index (χ2n) is 7.39. The van der Waals surface area contributed by atoms with Crippen molar-refractivity contribution >= 4 is 0 Å². The zero-order valence-electron chi connectivity index (χ0n) is 17.1. The molecule has 0 N–H and O–H groups in total. The molecule has 0 amide bonds. The van der Waals surface area contributed by atoms with Crippen molar-refractivity contribution in [3.05, 3.63) is 53.0 Å². The number of alkyl halides is 4. The van der Waals surface area contributed by atoms with E-state index < -0.39 is 18.8 Å². The first-order chi connectivity index (χ1) is 14.7. The lowest BCUT2D eigenvalue weighted by atomic mass is 10.1. The lowest BCUT2D eigenvalue weighted by Gasteiger charge is -2.14.